The number of rotatable bonds is 10. The fourth-order valence-corrected chi connectivity index (χ4v) is 3.30. The molecule has 0 aliphatic rings. The van der Waals surface area contributed by atoms with Crippen LogP contribution in [0.15, 0.2) is 24.3 Å². The molecule has 1 heterocycles. The molecule has 0 bridgehead atoms. The minimum absolute atomic E-state index is 0.226. The summed E-state index contributed by atoms with van der Waals surface area (Å²) >= 11 is 0. The summed E-state index contributed by atoms with van der Waals surface area (Å²) in [5.74, 6) is -0.226. The Balaban J connectivity index is 1.92. The summed E-state index contributed by atoms with van der Waals surface area (Å²) in [6.07, 6.45) is 2.38. The van der Waals surface area contributed by atoms with E-state index in [2.05, 4.69) is 43.0 Å². The molecule has 0 aliphatic heterocycles. The lowest BCUT2D eigenvalue weighted by atomic mass is 10.1. The van der Waals surface area contributed by atoms with Gasteiger partial charge in [-0.3, -0.25) is 0 Å². The molecule has 0 saturated heterocycles. The van der Waals surface area contributed by atoms with Crippen LogP contribution in [0.2, 0.25) is 0 Å². The summed E-state index contributed by atoms with van der Waals surface area (Å²) in [6.45, 7) is 15.0. The van der Waals surface area contributed by atoms with Gasteiger partial charge in [-0.2, -0.15) is 5.10 Å². The first kappa shape index (κ1) is 20.6. The molecule has 26 heavy (non-hydrogen) atoms. The highest BCUT2D eigenvalue weighted by Crippen LogP contribution is 2.18. The van der Waals surface area contributed by atoms with Crippen LogP contribution in [0.5, 0.6) is 0 Å². The lowest BCUT2D eigenvalue weighted by molar-refractivity contribution is 0.290. The van der Waals surface area contributed by atoms with Gasteiger partial charge in [0.15, 0.2) is 0 Å². The Bertz CT molecular complexity index is 674. The third-order valence-electron chi connectivity index (χ3n) is 5.15. The van der Waals surface area contributed by atoms with E-state index in [-0.39, 0.29) is 5.82 Å². The van der Waals surface area contributed by atoms with Gasteiger partial charge in [-0.05, 0) is 77.5 Å². The highest BCUT2D eigenvalue weighted by molar-refractivity contribution is 5.37. The molecule has 1 aromatic heterocycles. The fourth-order valence-electron chi connectivity index (χ4n) is 3.30. The van der Waals surface area contributed by atoms with Crippen LogP contribution in [-0.4, -0.2) is 40.4 Å². The van der Waals surface area contributed by atoms with Crippen molar-refractivity contribution in [2.45, 2.75) is 60.0 Å². The van der Waals surface area contributed by atoms with Crippen molar-refractivity contribution in [3.63, 3.8) is 0 Å². The largest absolute Gasteiger partial charge is 0.310 e. The van der Waals surface area contributed by atoms with Gasteiger partial charge < -0.3 is 10.2 Å². The van der Waals surface area contributed by atoms with Gasteiger partial charge in [0.1, 0.15) is 5.82 Å². The van der Waals surface area contributed by atoms with E-state index in [0.29, 0.717) is 6.04 Å². The molecule has 1 N–H and O–H groups in total. The average Bonchev–Trinajstić information content (AvgIpc) is 2.91. The lowest BCUT2D eigenvalue weighted by Crippen LogP contribution is -2.29. The van der Waals surface area contributed by atoms with E-state index in [4.69, 9.17) is 0 Å². The third kappa shape index (κ3) is 5.39. The van der Waals surface area contributed by atoms with Crippen molar-refractivity contribution in [3.8, 4) is 5.69 Å². The number of halogens is 1. The molecule has 1 aromatic carbocycles. The fraction of sp³-hybridized carbons (Fsp3) is 0.571. The molecule has 0 aliphatic carbocycles. The van der Waals surface area contributed by atoms with Crippen LogP contribution in [0.4, 0.5) is 4.39 Å². The number of nitrogens with one attached hydrogen (secondary N) is 1. The SMILES string of the molecule is CCN(CC)CCC[C@@H](C)NCc1c(C)nn(-c2ccc(F)cc2)c1C. The second-order valence-corrected chi connectivity index (χ2v) is 6.99. The molecule has 0 saturated carbocycles. The molecule has 2 aromatic rings. The summed E-state index contributed by atoms with van der Waals surface area (Å²) < 4.78 is 15.1. The Kier molecular flexibility index (Phi) is 7.79. The first-order chi connectivity index (χ1) is 12.5. The molecule has 2 rings (SSSR count). The van der Waals surface area contributed by atoms with Gasteiger partial charge in [-0.25, -0.2) is 9.07 Å². The summed E-state index contributed by atoms with van der Waals surface area (Å²) in [6, 6.07) is 6.95. The standard InChI is InChI=1S/C21H33FN4/c1-6-25(7-2)14-8-9-16(3)23-15-21-17(4)24-26(18(21)5)20-12-10-19(22)11-13-20/h10-13,16,23H,6-9,14-15H2,1-5H3/t16-/m1/s1. The Morgan fingerprint density at radius 1 is 1.15 bits per heavy atom. The first-order valence-electron chi connectivity index (χ1n) is 9.73. The highest BCUT2D eigenvalue weighted by Gasteiger charge is 2.14. The van der Waals surface area contributed by atoms with Crippen molar-refractivity contribution in [2.24, 2.45) is 0 Å². The summed E-state index contributed by atoms with van der Waals surface area (Å²) in [4.78, 5) is 2.47. The maximum Gasteiger partial charge on any atom is 0.123 e. The smallest absolute Gasteiger partial charge is 0.123 e. The van der Waals surface area contributed by atoms with Crippen molar-refractivity contribution >= 4 is 0 Å². The van der Waals surface area contributed by atoms with Crippen molar-refractivity contribution in [1.82, 2.24) is 20.0 Å². The number of aryl methyl sites for hydroxylation is 1. The molecular formula is C21H33FN4. The highest BCUT2D eigenvalue weighted by atomic mass is 19.1. The van der Waals surface area contributed by atoms with Crippen LogP contribution in [0.25, 0.3) is 5.69 Å². The topological polar surface area (TPSA) is 33.1 Å². The quantitative estimate of drug-likeness (QED) is 0.688. The van der Waals surface area contributed by atoms with Crippen molar-refractivity contribution in [2.75, 3.05) is 19.6 Å². The molecule has 0 fully saturated rings. The van der Waals surface area contributed by atoms with Gasteiger partial charge in [0, 0.05) is 23.8 Å². The Labute approximate surface area is 157 Å². The number of aromatic nitrogens is 2. The van der Waals surface area contributed by atoms with Crippen molar-refractivity contribution in [1.29, 1.82) is 0 Å². The maximum atomic E-state index is 13.2. The molecule has 0 spiro atoms. The van der Waals surface area contributed by atoms with Crippen LogP contribution in [-0.2, 0) is 6.54 Å². The first-order valence-corrected chi connectivity index (χ1v) is 9.73. The summed E-state index contributed by atoms with van der Waals surface area (Å²) in [5, 5.41) is 8.28. The molecule has 4 nitrogen and oxygen atoms in total. The molecule has 0 unspecified atom stereocenters. The predicted molar refractivity (Wildman–Crippen MR) is 106 cm³/mol. The number of nitrogens with zero attached hydrogens (tertiary/aromatic N) is 3. The summed E-state index contributed by atoms with van der Waals surface area (Å²) in [5.41, 5.74) is 4.25. The Morgan fingerprint density at radius 2 is 1.81 bits per heavy atom. The second kappa shape index (κ2) is 9.83. The van der Waals surface area contributed by atoms with Crippen LogP contribution >= 0.6 is 0 Å². The molecular weight excluding hydrogens is 327 g/mol. The average molecular weight is 361 g/mol. The second-order valence-electron chi connectivity index (χ2n) is 6.99. The van der Waals surface area contributed by atoms with Gasteiger partial charge >= 0.3 is 0 Å². The number of hydrogen-bond donors (Lipinski definition) is 1. The third-order valence-corrected chi connectivity index (χ3v) is 5.15. The minimum Gasteiger partial charge on any atom is -0.310 e. The Morgan fingerprint density at radius 3 is 2.42 bits per heavy atom. The van der Waals surface area contributed by atoms with E-state index in [0.717, 1.165) is 36.7 Å². The zero-order chi connectivity index (χ0) is 19.1. The van der Waals surface area contributed by atoms with Gasteiger partial charge in [0.25, 0.3) is 0 Å². The van der Waals surface area contributed by atoms with Crippen molar-refractivity contribution < 1.29 is 4.39 Å². The lowest BCUT2D eigenvalue weighted by Gasteiger charge is -2.20. The van der Waals surface area contributed by atoms with Gasteiger partial charge in [0.2, 0.25) is 0 Å². The molecule has 1 atom stereocenters. The zero-order valence-corrected chi connectivity index (χ0v) is 16.8. The van der Waals surface area contributed by atoms with Crippen LogP contribution < -0.4 is 5.32 Å². The van der Waals surface area contributed by atoms with Gasteiger partial charge in [0.05, 0.1) is 11.4 Å². The van der Waals surface area contributed by atoms with E-state index < -0.39 is 0 Å². The minimum atomic E-state index is -0.226. The number of benzene rings is 1. The molecule has 5 heteroatoms. The van der Waals surface area contributed by atoms with Crippen molar-refractivity contribution in [3.05, 3.63) is 47.0 Å². The summed E-state index contributed by atoms with van der Waals surface area (Å²) in [7, 11) is 0. The maximum absolute atomic E-state index is 13.2. The monoisotopic (exact) mass is 360 g/mol. The van der Waals surface area contributed by atoms with E-state index in [1.807, 2.05) is 11.6 Å². The Hall–Kier alpha value is -1.72. The molecule has 144 valence electrons. The van der Waals surface area contributed by atoms with Crippen LogP contribution in [0.1, 0.15) is 50.6 Å². The normalized spacial score (nSPS) is 12.7. The van der Waals surface area contributed by atoms with E-state index in [9.17, 15) is 4.39 Å². The predicted octanol–water partition coefficient (Wildman–Crippen LogP) is 4.23. The zero-order valence-electron chi connectivity index (χ0n) is 16.8. The van der Waals surface area contributed by atoms with E-state index >= 15 is 0 Å². The van der Waals surface area contributed by atoms with E-state index in [1.165, 1.54) is 37.1 Å². The van der Waals surface area contributed by atoms with Crippen LogP contribution in [0.3, 0.4) is 0 Å². The molecule has 0 radical (unpaired) electrons. The van der Waals surface area contributed by atoms with Crippen LogP contribution in [0, 0.1) is 19.7 Å². The number of hydrogen-bond acceptors (Lipinski definition) is 3. The molecule has 0 amide bonds. The van der Waals surface area contributed by atoms with Gasteiger partial charge in [-0.15, -0.1) is 0 Å². The van der Waals surface area contributed by atoms with Gasteiger partial charge in [-0.1, -0.05) is 13.8 Å². The van der Waals surface area contributed by atoms with E-state index in [1.54, 1.807) is 12.1 Å².